The van der Waals surface area contributed by atoms with Gasteiger partial charge in [0, 0.05) is 48.4 Å². The van der Waals surface area contributed by atoms with Crippen molar-refractivity contribution in [2.75, 3.05) is 36.4 Å². The highest BCUT2D eigenvalue weighted by atomic mass is 35.5. The Labute approximate surface area is 214 Å². The summed E-state index contributed by atoms with van der Waals surface area (Å²) >= 11 is 6.91. The van der Waals surface area contributed by atoms with Crippen molar-refractivity contribution in [3.63, 3.8) is 0 Å². The van der Waals surface area contributed by atoms with Crippen molar-refractivity contribution in [1.82, 2.24) is 19.9 Å². The summed E-state index contributed by atoms with van der Waals surface area (Å²) in [5, 5.41) is 6.46. The molecule has 0 radical (unpaired) electrons. The van der Waals surface area contributed by atoms with Gasteiger partial charge in [-0.1, -0.05) is 41.9 Å². The van der Waals surface area contributed by atoms with E-state index < -0.39 is 0 Å². The topological polar surface area (TPSA) is 74.2 Å². The van der Waals surface area contributed by atoms with Crippen molar-refractivity contribution in [2.45, 2.75) is 19.8 Å². The second-order valence-electron chi connectivity index (χ2n) is 9.39. The van der Waals surface area contributed by atoms with Gasteiger partial charge in [-0.15, -0.1) is 0 Å². The molecule has 1 aliphatic heterocycles. The zero-order chi connectivity index (χ0) is 24.6. The Balaban J connectivity index is 1.41. The first-order chi connectivity index (χ1) is 17.6. The minimum absolute atomic E-state index is 0.0280. The minimum atomic E-state index is 0.0280. The number of carbonyl (C=O) groups excluding carboxylic acids is 1. The number of rotatable bonds is 5. The standard InChI is InChI=1S/C28H27ClN6O/c1-2-9-34-10-12-35(13-11-34)27-22-15-23(29)21(16-24(22)30-17-31-27)26-20-6-4-3-5-19(20)14-25(32-26)33-28(36)18-7-8-18/h2-6,9,14-18H,7-8,10-13H2,1H3,(H,32,33,36). The molecule has 4 aromatic rings. The third-order valence-electron chi connectivity index (χ3n) is 6.87. The normalized spacial score (nSPS) is 16.3. The molecule has 1 amide bonds. The predicted molar refractivity (Wildman–Crippen MR) is 145 cm³/mol. The molecule has 0 spiro atoms. The van der Waals surface area contributed by atoms with Crippen LogP contribution in [0, 0.1) is 5.92 Å². The second kappa shape index (κ2) is 9.39. The number of hydrogen-bond acceptors (Lipinski definition) is 6. The molecule has 2 fully saturated rings. The summed E-state index contributed by atoms with van der Waals surface area (Å²) in [6.45, 7) is 5.68. The lowest BCUT2D eigenvalue weighted by atomic mass is 10.0. The summed E-state index contributed by atoms with van der Waals surface area (Å²) < 4.78 is 0. The quantitative estimate of drug-likeness (QED) is 0.391. The molecule has 0 bridgehead atoms. The van der Waals surface area contributed by atoms with Gasteiger partial charge in [0.1, 0.15) is 18.0 Å². The van der Waals surface area contributed by atoms with E-state index in [9.17, 15) is 4.79 Å². The first-order valence-electron chi connectivity index (χ1n) is 12.4. The van der Waals surface area contributed by atoms with Gasteiger partial charge in [0.2, 0.25) is 5.91 Å². The monoisotopic (exact) mass is 498 g/mol. The number of aromatic nitrogens is 3. The molecule has 2 aromatic carbocycles. The maximum absolute atomic E-state index is 12.4. The second-order valence-corrected chi connectivity index (χ2v) is 9.80. The average molecular weight is 499 g/mol. The van der Waals surface area contributed by atoms with E-state index in [0.29, 0.717) is 10.8 Å². The van der Waals surface area contributed by atoms with Crippen molar-refractivity contribution in [1.29, 1.82) is 0 Å². The van der Waals surface area contributed by atoms with Crippen LogP contribution < -0.4 is 10.2 Å². The van der Waals surface area contributed by atoms with Crippen LogP contribution in [0.3, 0.4) is 0 Å². The Morgan fingerprint density at radius 2 is 1.86 bits per heavy atom. The molecular weight excluding hydrogens is 472 g/mol. The van der Waals surface area contributed by atoms with Crippen LogP contribution in [0.4, 0.5) is 11.6 Å². The largest absolute Gasteiger partial charge is 0.374 e. The van der Waals surface area contributed by atoms with Gasteiger partial charge in [-0.05, 0) is 49.6 Å². The molecule has 0 unspecified atom stereocenters. The number of piperazine rings is 1. The fourth-order valence-corrected chi connectivity index (χ4v) is 5.09. The summed E-state index contributed by atoms with van der Waals surface area (Å²) in [6, 6.07) is 13.9. The van der Waals surface area contributed by atoms with E-state index in [4.69, 9.17) is 16.6 Å². The zero-order valence-electron chi connectivity index (χ0n) is 20.1. The Hall–Kier alpha value is -3.71. The molecule has 1 saturated heterocycles. The van der Waals surface area contributed by atoms with E-state index in [0.717, 1.165) is 77.8 Å². The Morgan fingerprint density at radius 1 is 1.06 bits per heavy atom. The Bertz CT molecular complexity index is 1490. The summed E-state index contributed by atoms with van der Waals surface area (Å²) in [5.74, 6) is 1.57. The molecule has 1 saturated carbocycles. The van der Waals surface area contributed by atoms with Crippen molar-refractivity contribution in [3.05, 3.63) is 66.1 Å². The summed E-state index contributed by atoms with van der Waals surface area (Å²) in [7, 11) is 0. The van der Waals surface area contributed by atoms with E-state index in [2.05, 4.69) is 37.4 Å². The van der Waals surface area contributed by atoms with Gasteiger partial charge in [0.25, 0.3) is 0 Å². The minimum Gasteiger partial charge on any atom is -0.374 e. The maximum atomic E-state index is 12.4. The lowest BCUT2D eigenvalue weighted by Crippen LogP contribution is -2.44. The van der Waals surface area contributed by atoms with Crippen molar-refractivity contribution in [3.8, 4) is 11.3 Å². The highest BCUT2D eigenvalue weighted by Gasteiger charge is 2.30. The smallest absolute Gasteiger partial charge is 0.228 e. The van der Waals surface area contributed by atoms with Gasteiger partial charge < -0.3 is 15.1 Å². The van der Waals surface area contributed by atoms with E-state index in [1.807, 2.05) is 49.4 Å². The number of amides is 1. The molecule has 3 heterocycles. The maximum Gasteiger partial charge on any atom is 0.228 e. The third kappa shape index (κ3) is 4.35. The number of carbonyl (C=O) groups is 1. The molecule has 36 heavy (non-hydrogen) atoms. The van der Waals surface area contributed by atoms with Crippen LogP contribution in [-0.2, 0) is 4.79 Å². The Kier molecular flexibility index (Phi) is 5.93. The number of halogens is 1. The van der Waals surface area contributed by atoms with Gasteiger partial charge in [-0.2, -0.15) is 0 Å². The van der Waals surface area contributed by atoms with Crippen LogP contribution in [0.5, 0.6) is 0 Å². The molecule has 2 aromatic heterocycles. The van der Waals surface area contributed by atoms with E-state index in [1.165, 1.54) is 0 Å². The Morgan fingerprint density at radius 3 is 2.64 bits per heavy atom. The number of nitrogens with one attached hydrogen (secondary N) is 1. The predicted octanol–water partition coefficient (Wildman–Crippen LogP) is 5.50. The highest BCUT2D eigenvalue weighted by Crippen LogP contribution is 2.38. The van der Waals surface area contributed by atoms with Gasteiger partial charge in [-0.3, -0.25) is 4.79 Å². The third-order valence-corrected chi connectivity index (χ3v) is 7.18. The van der Waals surface area contributed by atoms with E-state index >= 15 is 0 Å². The van der Waals surface area contributed by atoms with Crippen LogP contribution >= 0.6 is 11.6 Å². The SMILES string of the molecule is CC=CN1CCN(c2ncnc3cc(-c4nc(NC(=O)C5CC5)cc5ccccc45)c(Cl)cc23)CC1. The molecule has 6 rings (SSSR count). The number of benzene rings is 2. The molecule has 8 heteroatoms. The lowest BCUT2D eigenvalue weighted by Gasteiger charge is -2.35. The van der Waals surface area contributed by atoms with Crippen LogP contribution in [0.25, 0.3) is 32.9 Å². The van der Waals surface area contributed by atoms with Crippen LogP contribution in [0.2, 0.25) is 5.02 Å². The fraction of sp³-hybridized carbons (Fsp3) is 0.286. The fourth-order valence-electron chi connectivity index (χ4n) is 4.83. The van der Waals surface area contributed by atoms with Gasteiger partial charge in [-0.25, -0.2) is 15.0 Å². The number of fused-ring (bicyclic) bond motifs is 2. The van der Waals surface area contributed by atoms with Gasteiger partial charge >= 0.3 is 0 Å². The van der Waals surface area contributed by atoms with E-state index in [1.54, 1.807) is 6.33 Å². The molecule has 2 aliphatic rings. The number of hydrogen-bond donors (Lipinski definition) is 1. The summed E-state index contributed by atoms with van der Waals surface area (Å²) in [5.41, 5.74) is 2.32. The van der Waals surface area contributed by atoms with Gasteiger partial charge in [0.05, 0.1) is 16.2 Å². The zero-order valence-corrected chi connectivity index (χ0v) is 20.9. The molecule has 0 atom stereocenters. The number of anilines is 2. The summed E-state index contributed by atoms with van der Waals surface area (Å²) in [4.78, 5) is 31.1. The number of allylic oxidation sites excluding steroid dienone is 1. The van der Waals surface area contributed by atoms with Gasteiger partial charge in [0.15, 0.2) is 0 Å². The molecule has 7 nitrogen and oxygen atoms in total. The molecule has 1 aliphatic carbocycles. The lowest BCUT2D eigenvalue weighted by molar-refractivity contribution is -0.117. The van der Waals surface area contributed by atoms with Crippen LogP contribution in [0.1, 0.15) is 19.8 Å². The average Bonchev–Trinajstić information content (AvgIpc) is 3.74. The number of nitrogens with zero attached hydrogens (tertiary/aromatic N) is 5. The first kappa shape index (κ1) is 22.7. The summed E-state index contributed by atoms with van der Waals surface area (Å²) in [6.07, 6.45) is 7.70. The van der Waals surface area contributed by atoms with Crippen LogP contribution in [0.15, 0.2) is 61.1 Å². The van der Waals surface area contributed by atoms with Crippen molar-refractivity contribution < 1.29 is 4.79 Å². The van der Waals surface area contributed by atoms with E-state index in [-0.39, 0.29) is 11.8 Å². The van der Waals surface area contributed by atoms with Crippen LogP contribution in [-0.4, -0.2) is 51.9 Å². The molecule has 1 N–H and O–H groups in total. The first-order valence-corrected chi connectivity index (χ1v) is 12.8. The molecular formula is C28H27ClN6O. The molecule has 182 valence electrons. The van der Waals surface area contributed by atoms with Crippen molar-refractivity contribution in [2.24, 2.45) is 5.92 Å². The highest BCUT2D eigenvalue weighted by molar-refractivity contribution is 6.34. The van der Waals surface area contributed by atoms with Crippen molar-refractivity contribution >= 4 is 50.8 Å². The number of pyridine rings is 1.